The maximum absolute atomic E-state index is 12.3. The number of nitrogens with zero attached hydrogens (tertiary/aromatic N) is 2. The zero-order valence-electron chi connectivity index (χ0n) is 12.0. The smallest absolute Gasteiger partial charge is 0.246 e. The van der Waals surface area contributed by atoms with Crippen molar-refractivity contribution in [3.8, 4) is 0 Å². The van der Waals surface area contributed by atoms with E-state index in [0.29, 0.717) is 11.7 Å². The molecule has 0 bridgehead atoms. The number of amides is 1. The van der Waals surface area contributed by atoms with E-state index in [1.54, 1.807) is 29.3 Å². The Bertz CT molecular complexity index is 644. The molecule has 0 saturated heterocycles. The summed E-state index contributed by atoms with van der Waals surface area (Å²) in [6.45, 7) is 0.671. The Morgan fingerprint density at radius 3 is 2.73 bits per heavy atom. The Balaban J connectivity index is 2.06. The minimum atomic E-state index is -0.161. The maximum Gasteiger partial charge on any atom is 0.246 e. The summed E-state index contributed by atoms with van der Waals surface area (Å²) in [6, 6.07) is 13.1. The lowest BCUT2D eigenvalue weighted by Gasteiger charge is -2.20. The molecule has 22 heavy (non-hydrogen) atoms. The molecule has 0 unspecified atom stereocenters. The zero-order chi connectivity index (χ0) is 15.8. The average Bonchev–Trinajstić information content (AvgIpc) is 2.53. The fraction of sp³-hybridized carbons (Fsp3) is 0.176. The summed E-state index contributed by atoms with van der Waals surface area (Å²) in [7, 11) is 0. The summed E-state index contributed by atoms with van der Waals surface area (Å²) in [5, 5.41) is 9.52. The van der Waals surface area contributed by atoms with Gasteiger partial charge in [-0.1, -0.05) is 41.9 Å². The molecule has 5 heteroatoms. The molecule has 0 saturated carbocycles. The molecule has 0 fully saturated rings. The fourth-order valence-corrected chi connectivity index (χ4v) is 2.17. The van der Waals surface area contributed by atoms with Crippen LogP contribution in [-0.2, 0) is 11.3 Å². The third-order valence-corrected chi connectivity index (χ3v) is 3.27. The molecule has 0 atom stereocenters. The van der Waals surface area contributed by atoms with Crippen molar-refractivity contribution in [3.63, 3.8) is 0 Å². The van der Waals surface area contributed by atoms with Gasteiger partial charge in [0, 0.05) is 25.4 Å². The number of halogens is 1. The largest absolute Gasteiger partial charge is 0.395 e. The molecule has 0 spiro atoms. The van der Waals surface area contributed by atoms with E-state index in [1.165, 1.54) is 6.08 Å². The topological polar surface area (TPSA) is 53.4 Å². The summed E-state index contributed by atoms with van der Waals surface area (Å²) in [5.41, 5.74) is 1.82. The number of aliphatic hydroxyl groups excluding tert-OH is 1. The highest BCUT2D eigenvalue weighted by molar-refractivity contribution is 6.29. The first-order chi connectivity index (χ1) is 10.7. The molecule has 114 valence electrons. The van der Waals surface area contributed by atoms with E-state index in [1.807, 2.05) is 30.3 Å². The third kappa shape index (κ3) is 4.98. The van der Waals surface area contributed by atoms with Gasteiger partial charge in [-0.25, -0.2) is 4.98 Å². The second-order valence-corrected chi connectivity index (χ2v) is 5.10. The molecular formula is C17H17ClN2O2. The Labute approximate surface area is 134 Å². The molecule has 1 N–H and O–H groups in total. The van der Waals surface area contributed by atoms with Crippen molar-refractivity contribution in [2.24, 2.45) is 0 Å². The summed E-state index contributed by atoms with van der Waals surface area (Å²) < 4.78 is 0. The molecule has 0 radical (unpaired) electrons. The number of aromatic nitrogens is 1. The summed E-state index contributed by atoms with van der Waals surface area (Å²) >= 11 is 5.81. The molecule has 2 rings (SSSR count). The van der Waals surface area contributed by atoms with Crippen molar-refractivity contribution in [1.29, 1.82) is 0 Å². The van der Waals surface area contributed by atoms with Crippen molar-refractivity contribution in [1.82, 2.24) is 9.88 Å². The van der Waals surface area contributed by atoms with Crippen molar-refractivity contribution < 1.29 is 9.90 Å². The van der Waals surface area contributed by atoms with Gasteiger partial charge in [0.15, 0.2) is 0 Å². The summed E-state index contributed by atoms with van der Waals surface area (Å²) in [4.78, 5) is 17.8. The van der Waals surface area contributed by atoms with Gasteiger partial charge in [0.2, 0.25) is 5.91 Å². The molecule has 1 aromatic carbocycles. The SMILES string of the molecule is O=C(/C=C/c1ccnc(Cl)c1)N(CCO)Cc1ccccc1. The number of benzene rings is 1. The van der Waals surface area contributed by atoms with Crippen LogP contribution in [0.2, 0.25) is 5.15 Å². The quantitative estimate of drug-likeness (QED) is 0.658. The highest BCUT2D eigenvalue weighted by Gasteiger charge is 2.10. The van der Waals surface area contributed by atoms with E-state index in [-0.39, 0.29) is 19.1 Å². The van der Waals surface area contributed by atoms with Gasteiger partial charge < -0.3 is 10.0 Å². The molecule has 0 aliphatic heterocycles. The second kappa shape index (κ2) is 8.32. The first kappa shape index (κ1) is 16.2. The number of hydrogen-bond acceptors (Lipinski definition) is 3. The molecular weight excluding hydrogens is 300 g/mol. The van der Waals surface area contributed by atoms with Gasteiger partial charge in [-0.2, -0.15) is 0 Å². The number of carbonyl (C=O) groups is 1. The lowest BCUT2D eigenvalue weighted by molar-refractivity contribution is -0.127. The predicted octanol–water partition coefficient (Wildman–Crippen LogP) is 2.77. The normalized spacial score (nSPS) is 10.8. The van der Waals surface area contributed by atoms with E-state index >= 15 is 0 Å². The van der Waals surface area contributed by atoms with Gasteiger partial charge in [0.25, 0.3) is 0 Å². The van der Waals surface area contributed by atoms with E-state index in [2.05, 4.69) is 4.98 Å². The standard InChI is InChI=1S/C17H17ClN2O2/c18-16-12-14(8-9-19-16)6-7-17(22)20(10-11-21)13-15-4-2-1-3-5-15/h1-9,12,21H,10-11,13H2/b7-6+. The number of carbonyl (C=O) groups excluding carboxylic acids is 1. The van der Waals surface area contributed by atoms with Crippen LogP contribution in [0, 0.1) is 0 Å². The highest BCUT2D eigenvalue weighted by Crippen LogP contribution is 2.10. The molecule has 2 aromatic rings. The number of hydrogen-bond donors (Lipinski definition) is 1. The van der Waals surface area contributed by atoms with E-state index in [9.17, 15) is 4.79 Å². The fourth-order valence-electron chi connectivity index (χ4n) is 1.99. The van der Waals surface area contributed by atoms with Crippen LogP contribution in [0.3, 0.4) is 0 Å². The number of pyridine rings is 1. The first-order valence-corrected chi connectivity index (χ1v) is 7.30. The Hall–Kier alpha value is -2.17. The van der Waals surface area contributed by atoms with Crippen molar-refractivity contribution in [2.75, 3.05) is 13.2 Å². The van der Waals surface area contributed by atoms with Gasteiger partial charge in [-0.15, -0.1) is 0 Å². The van der Waals surface area contributed by atoms with Crippen LogP contribution >= 0.6 is 11.6 Å². The van der Waals surface area contributed by atoms with Crippen LogP contribution in [0.4, 0.5) is 0 Å². The second-order valence-electron chi connectivity index (χ2n) is 4.71. The summed E-state index contributed by atoms with van der Waals surface area (Å²) in [6.07, 6.45) is 4.75. The predicted molar refractivity (Wildman–Crippen MR) is 87.2 cm³/mol. The lowest BCUT2D eigenvalue weighted by Crippen LogP contribution is -2.31. The molecule has 4 nitrogen and oxygen atoms in total. The van der Waals surface area contributed by atoms with Gasteiger partial charge in [-0.05, 0) is 29.3 Å². The van der Waals surface area contributed by atoms with Crippen LogP contribution < -0.4 is 0 Å². The minimum Gasteiger partial charge on any atom is -0.395 e. The maximum atomic E-state index is 12.3. The van der Waals surface area contributed by atoms with Crippen LogP contribution in [0.5, 0.6) is 0 Å². The monoisotopic (exact) mass is 316 g/mol. The molecule has 0 aliphatic carbocycles. The number of rotatable bonds is 6. The van der Waals surface area contributed by atoms with Gasteiger partial charge in [0.05, 0.1) is 6.61 Å². The molecule has 0 aliphatic rings. The van der Waals surface area contributed by atoms with Crippen molar-refractivity contribution in [2.45, 2.75) is 6.54 Å². The van der Waals surface area contributed by atoms with E-state index in [4.69, 9.17) is 16.7 Å². The Kier molecular flexibility index (Phi) is 6.13. The number of aliphatic hydroxyl groups is 1. The van der Waals surface area contributed by atoms with Crippen LogP contribution in [0.25, 0.3) is 6.08 Å². The van der Waals surface area contributed by atoms with Crippen molar-refractivity contribution in [3.05, 3.63) is 71.0 Å². The van der Waals surface area contributed by atoms with Crippen LogP contribution in [0.1, 0.15) is 11.1 Å². The van der Waals surface area contributed by atoms with Crippen molar-refractivity contribution >= 4 is 23.6 Å². The van der Waals surface area contributed by atoms with E-state index in [0.717, 1.165) is 11.1 Å². The molecule has 1 heterocycles. The Morgan fingerprint density at radius 2 is 2.05 bits per heavy atom. The van der Waals surface area contributed by atoms with Gasteiger partial charge in [-0.3, -0.25) is 4.79 Å². The minimum absolute atomic E-state index is 0.0759. The van der Waals surface area contributed by atoms with Gasteiger partial charge >= 0.3 is 0 Å². The Morgan fingerprint density at radius 1 is 1.27 bits per heavy atom. The van der Waals surface area contributed by atoms with Crippen LogP contribution in [0.15, 0.2) is 54.7 Å². The van der Waals surface area contributed by atoms with Crippen LogP contribution in [-0.4, -0.2) is 34.0 Å². The van der Waals surface area contributed by atoms with Gasteiger partial charge in [0.1, 0.15) is 5.15 Å². The zero-order valence-corrected chi connectivity index (χ0v) is 12.8. The first-order valence-electron chi connectivity index (χ1n) is 6.92. The lowest BCUT2D eigenvalue weighted by atomic mass is 10.2. The molecule has 1 amide bonds. The highest BCUT2D eigenvalue weighted by atomic mass is 35.5. The summed E-state index contributed by atoms with van der Waals surface area (Å²) in [5.74, 6) is -0.161. The third-order valence-electron chi connectivity index (χ3n) is 3.07. The van der Waals surface area contributed by atoms with E-state index < -0.39 is 0 Å². The average molecular weight is 317 g/mol. The molecule has 1 aromatic heterocycles.